The van der Waals surface area contributed by atoms with Gasteiger partial charge in [-0.25, -0.2) is 0 Å². The lowest BCUT2D eigenvalue weighted by Gasteiger charge is -2.34. The van der Waals surface area contributed by atoms with E-state index >= 15 is 0 Å². The maximum atomic E-state index is 12.8. The highest BCUT2D eigenvalue weighted by atomic mass is 16.3. The highest BCUT2D eigenvalue weighted by Gasteiger charge is 2.38. The van der Waals surface area contributed by atoms with Gasteiger partial charge in [-0.1, -0.05) is 6.07 Å². The monoisotopic (exact) mass is 318 g/mol. The first kappa shape index (κ1) is 17.5. The van der Waals surface area contributed by atoms with Gasteiger partial charge in [0.1, 0.15) is 0 Å². The molecule has 0 aromatic heterocycles. The number of hydrogen-bond acceptors (Lipinski definition) is 3. The van der Waals surface area contributed by atoms with E-state index in [-0.39, 0.29) is 17.9 Å². The quantitative estimate of drug-likeness (QED) is 0.925. The molecule has 126 valence electrons. The number of benzene rings is 1. The van der Waals surface area contributed by atoms with Crippen molar-refractivity contribution in [2.45, 2.75) is 45.3 Å². The fourth-order valence-corrected chi connectivity index (χ4v) is 3.06. The molecule has 1 fully saturated rings. The Morgan fingerprint density at radius 3 is 2.61 bits per heavy atom. The van der Waals surface area contributed by atoms with E-state index in [9.17, 15) is 14.7 Å². The van der Waals surface area contributed by atoms with E-state index in [4.69, 9.17) is 0 Å². The topological polar surface area (TPSA) is 60.9 Å². The molecule has 1 atom stereocenters. The molecule has 1 saturated heterocycles. The first-order chi connectivity index (χ1) is 10.8. The summed E-state index contributed by atoms with van der Waals surface area (Å²) in [5.41, 5.74) is 0.0814. The van der Waals surface area contributed by atoms with Gasteiger partial charge < -0.3 is 14.9 Å². The molecule has 0 saturated carbocycles. The Bertz CT molecular complexity index is 592. The number of hydrogen-bond donors (Lipinski definition) is 1. The summed E-state index contributed by atoms with van der Waals surface area (Å²) in [7, 11) is 1.74. The van der Waals surface area contributed by atoms with Crippen molar-refractivity contribution in [2.75, 3.05) is 20.1 Å². The van der Waals surface area contributed by atoms with Gasteiger partial charge in [-0.2, -0.15) is 0 Å². The molecule has 0 aliphatic carbocycles. The Morgan fingerprint density at radius 1 is 1.35 bits per heavy atom. The van der Waals surface area contributed by atoms with E-state index in [2.05, 4.69) is 0 Å². The predicted molar refractivity (Wildman–Crippen MR) is 89.4 cm³/mol. The van der Waals surface area contributed by atoms with Gasteiger partial charge in [0.15, 0.2) is 0 Å². The minimum absolute atomic E-state index is 0.0948. The molecule has 1 unspecified atom stereocenters. The van der Waals surface area contributed by atoms with Gasteiger partial charge in [0, 0.05) is 31.3 Å². The maximum absolute atomic E-state index is 12.8. The minimum Gasteiger partial charge on any atom is -0.388 e. The average molecular weight is 318 g/mol. The Kier molecular flexibility index (Phi) is 5.09. The van der Waals surface area contributed by atoms with Gasteiger partial charge in [-0.05, 0) is 51.8 Å². The van der Waals surface area contributed by atoms with Gasteiger partial charge in [-0.15, -0.1) is 0 Å². The van der Waals surface area contributed by atoms with E-state index < -0.39 is 5.60 Å². The smallest absolute Gasteiger partial charge is 0.254 e. The van der Waals surface area contributed by atoms with Crippen LogP contribution in [0.15, 0.2) is 24.3 Å². The Balaban J connectivity index is 2.25. The van der Waals surface area contributed by atoms with Crippen molar-refractivity contribution < 1.29 is 14.7 Å². The molecule has 5 nitrogen and oxygen atoms in total. The summed E-state index contributed by atoms with van der Waals surface area (Å²) in [6, 6.07) is 6.65. The second-order valence-electron chi connectivity index (χ2n) is 6.71. The molecule has 0 radical (unpaired) electrons. The first-order valence-corrected chi connectivity index (χ1v) is 8.14. The van der Waals surface area contributed by atoms with Gasteiger partial charge >= 0.3 is 0 Å². The number of carbonyl (C=O) groups is 2. The van der Waals surface area contributed by atoms with Crippen LogP contribution in [0.5, 0.6) is 0 Å². The summed E-state index contributed by atoms with van der Waals surface area (Å²) in [4.78, 5) is 28.4. The number of nitrogens with zero attached hydrogens (tertiary/aromatic N) is 2. The lowest BCUT2D eigenvalue weighted by atomic mass is 9.96. The Hall–Kier alpha value is -1.88. The van der Waals surface area contributed by atoms with E-state index in [1.807, 2.05) is 6.92 Å². The van der Waals surface area contributed by atoms with Crippen molar-refractivity contribution in [1.29, 1.82) is 0 Å². The molecule has 1 N–H and O–H groups in total. The maximum Gasteiger partial charge on any atom is 0.254 e. The first-order valence-electron chi connectivity index (χ1n) is 8.14. The van der Waals surface area contributed by atoms with Crippen LogP contribution in [-0.4, -0.2) is 58.5 Å². The van der Waals surface area contributed by atoms with E-state index in [1.165, 1.54) is 0 Å². The summed E-state index contributed by atoms with van der Waals surface area (Å²) in [6.07, 6.45) is 1.68. The standard InChI is InChI=1S/C18H26N2O3/c1-5-19(4)16(21)13-8-6-9-14(12-13)17(22)20-11-7-10-15(20)18(2,3)23/h6,8-9,12,15,23H,5,7,10-11H2,1-4H3. The average Bonchev–Trinajstić information content (AvgIpc) is 3.02. The Labute approximate surface area is 137 Å². The summed E-state index contributed by atoms with van der Waals surface area (Å²) >= 11 is 0. The minimum atomic E-state index is -0.929. The number of aliphatic hydroxyl groups is 1. The lowest BCUT2D eigenvalue weighted by Crippen LogP contribution is -2.48. The number of rotatable bonds is 4. The Morgan fingerprint density at radius 2 is 2.00 bits per heavy atom. The molecule has 1 aliphatic heterocycles. The largest absolute Gasteiger partial charge is 0.388 e. The molecular weight excluding hydrogens is 292 g/mol. The number of likely N-dealkylation sites (tertiary alicyclic amines) is 1. The molecule has 1 heterocycles. The third-order valence-corrected chi connectivity index (χ3v) is 4.51. The van der Waals surface area contributed by atoms with Crippen molar-refractivity contribution in [2.24, 2.45) is 0 Å². The third kappa shape index (κ3) is 3.72. The van der Waals surface area contributed by atoms with Gasteiger partial charge in [0.05, 0.1) is 11.6 Å². The zero-order chi connectivity index (χ0) is 17.2. The normalized spacial score (nSPS) is 18.1. The van der Waals surface area contributed by atoms with Crippen molar-refractivity contribution in [3.63, 3.8) is 0 Å². The van der Waals surface area contributed by atoms with Crippen molar-refractivity contribution in [3.05, 3.63) is 35.4 Å². The molecule has 23 heavy (non-hydrogen) atoms. The van der Waals surface area contributed by atoms with Crippen LogP contribution in [0.1, 0.15) is 54.3 Å². The zero-order valence-electron chi connectivity index (χ0n) is 14.4. The SMILES string of the molecule is CCN(C)C(=O)c1cccc(C(=O)N2CCCC2C(C)(C)O)c1. The summed E-state index contributed by atoms with van der Waals surface area (Å²) < 4.78 is 0. The predicted octanol–water partition coefficient (Wildman–Crippen LogP) is 2.15. The molecule has 2 rings (SSSR count). The zero-order valence-corrected chi connectivity index (χ0v) is 14.4. The summed E-state index contributed by atoms with van der Waals surface area (Å²) in [6.45, 7) is 6.63. The van der Waals surface area contributed by atoms with Crippen LogP contribution in [0.25, 0.3) is 0 Å². The highest BCUT2D eigenvalue weighted by Crippen LogP contribution is 2.28. The van der Waals surface area contributed by atoms with Crippen LogP contribution in [0.3, 0.4) is 0 Å². The number of carbonyl (C=O) groups excluding carboxylic acids is 2. The van der Waals surface area contributed by atoms with Crippen molar-refractivity contribution >= 4 is 11.8 Å². The summed E-state index contributed by atoms with van der Waals surface area (Å²) in [5, 5.41) is 10.3. The number of amides is 2. The van der Waals surface area contributed by atoms with Crippen molar-refractivity contribution in [1.82, 2.24) is 9.80 Å². The van der Waals surface area contributed by atoms with Crippen LogP contribution in [0.4, 0.5) is 0 Å². The van der Waals surface area contributed by atoms with Crippen LogP contribution in [0, 0.1) is 0 Å². The molecule has 1 aliphatic rings. The van der Waals surface area contributed by atoms with Crippen LogP contribution < -0.4 is 0 Å². The van der Waals surface area contributed by atoms with E-state index in [0.717, 1.165) is 12.8 Å². The van der Waals surface area contributed by atoms with Crippen LogP contribution >= 0.6 is 0 Å². The molecule has 0 bridgehead atoms. The van der Waals surface area contributed by atoms with E-state index in [1.54, 1.807) is 55.0 Å². The van der Waals surface area contributed by atoms with Crippen LogP contribution in [-0.2, 0) is 0 Å². The van der Waals surface area contributed by atoms with Gasteiger partial charge in [-0.3, -0.25) is 9.59 Å². The molecule has 1 aromatic rings. The van der Waals surface area contributed by atoms with Crippen LogP contribution in [0.2, 0.25) is 0 Å². The fourth-order valence-electron chi connectivity index (χ4n) is 3.06. The second kappa shape index (κ2) is 6.71. The third-order valence-electron chi connectivity index (χ3n) is 4.51. The second-order valence-corrected chi connectivity index (χ2v) is 6.71. The molecule has 5 heteroatoms. The summed E-state index contributed by atoms with van der Waals surface area (Å²) in [5.74, 6) is -0.217. The molecular formula is C18H26N2O3. The van der Waals surface area contributed by atoms with Crippen molar-refractivity contribution in [3.8, 4) is 0 Å². The molecule has 2 amide bonds. The molecule has 1 aromatic carbocycles. The van der Waals surface area contributed by atoms with Gasteiger partial charge in [0.25, 0.3) is 11.8 Å². The van der Waals surface area contributed by atoms with E-state index in [0.29, 0.717) is 24.2 Å². The highest BCUT2D eigenvalue weighted by molar-refractivity contribution is 5.99. The lowest BCUT2D eigenvalue weighted by molar-refractivity contribution is 0.000330. The van der Waals surface area contributed by atoms with Gasteiger partial charge in [0.2, 0.25) is 0 Å². The fraction of sp³-hybridized carbons (Fsp3) is 0.556. The molecule has 0 spiro atoms.